The second-order valence-corrected chi connectivity index (χ2v) is 3.30. The molecule has 4 nitrogen and oxygen atoms in total. The van der Waals surface area contributed by atoms with Crippen LogP contribution in [0.3, 0.4) is 0 Å². The zero-order valence-electron chi connectivity index (χ0n) is 9.52. The van der Waals surface area contributed by atoms with Gasteiger partial charge in [0.2, 0.25) is 0 Å². The van der Waals surface area contributed by atoms with Crippen molar-refractivity contribution < 1.29 is 19.3 Å². The molecule has 1 rings (SSSR count). The topological polar surface area (TPSA) is 47.9 Å². The number of phenols is 1. The van der Waals surface area contributed by atoms with Crippen LogP contribution in [0, 0.1) is 0 Å². The zero-order chi connectivity index (χ0) is 11.6. The Hall–Kier alpha value is -1.26. The summed E-state index contributed by atoms with van der Waals surface area (Å²) in [6.07, 6.45) is 0.899. The fourth-order valence-corrected chi connectivity index (χ4v) is 1.17. The minimum atomic E-state index is 0.239. The summed E-state index contributed by atoms with van der Waals surface area (Å²) in [4.78, 5) is 0. The lowest BCUT2D eigenvalue weighted by molar-refractivity contribution is 0.0806. The Kier molecular flexibility index (Phi) is 6.37. The van der Waals surface area contributed by atoms with E-state index in [1.807, 2.05) is 0 Å². The van der Waals surface area contributed by atoms with Gasteiger partial charge in [0.25, 0.3) is 0 Å². The lowest BCUT2D eigenvalue weighted by atomic mass is 10.3. The minimum Gasteiger partial charge on any atom is -0.508 e. The highest BCUT2D eigenvalue weighted by Gasteiger charge is 1.94. The summed E-state index contributed by atoms with van der Waals surface area (Å²) in [5.74, 6) is 0.974. The van der Waals surface area contributed by atoms with Gasteiger partial charge in [0.15, 0.2) is 0 Å². The molecule has 0 aromatic heterocycles. The van der Waals surface area contributed by atoms with Crippen molar-refractivity contribution >= 4 is 0 Å². The maximum atomic E-state index is 9.06. The van der Waals surface area contributed by atoms with Gasteiger partial charge in [-0.05, 0) is 30.7 Å². The molecule has 0 saturated heterocycles. The van der Waals surface area contributed by atoms with Gasteiger partial charge in [0.05, 0.1) is 6.61 Å². The lowest BCUT2D eigenvalue weighted by Gasteiger charge is -2.06. The first kappa shape index (κ1) is 12.8. The normalized spacial score (nSPS) is 10.3. The molecule has 0 aliphatic heterocycles. The molecule has 0 radical (unpaired) electrons. The van der Waals surface area contributed by atoms with E-state index in [1.54, 1.807) is 31.4 Å². The van der Waals surface area contributed by atoms with Crippen LogP contribution < -0.4 is 4.74 Å². The van der Waals surface area contributed by atoms with Crippen LogP contribution in [0.5, 0.6) is 11.5 Å². The molecule has 1 aromatic carbocycles. The van der Waals surface area contributed by atoms with Crippen molar-refractivity contribution in [3.05, 3.63) is 24.3 Å². The average molecular weight is 226 g/mol. The molecule has 0 atom stereocenters. The highest BCUT2D eigenvalue weighted by Crippen LogP contribution is 2.15. The number of ether oxygens (including phenoxy) is 3. The van der Waals surface area contributed by atoms with Gasteiger partial charge in [-0.3, -0.25) is 0 Å². The first-order chi connectivity index (χ1) is 7.83. The van der Waals surface area contributed by atoms with Gasteiger partial charge in [-0.15, -0.1) is 0 Å². The SMILES string of the molecule is COCCCOCCOc1ccc(O)cc1. The number of aromatic hydroxyl groups is 1. The number of rotatable bonds is 8. The largest absolute Gasteiger partial charge is 0.508 e. The Morgan fingerprint density at radius 2 is 1.75 bits per heavy atom. The number of benzene rings is 1. The van der Waals surface area contributed by atoms with E-state index in [1.165, 1.54) is 0 Å². The van der Waals surface area contributed by atoms with Crippen LogP contribution in [0.25, 0.3) is 0 Å². The third kappa shape index (κ3) is 5.58. The van der Waals surface area contributed by atoms with Crippen LogP contribution in [-0.2, 0) is 9.47 Å². The van der Waals surface area contributed by atoms with E-state index in [0.29, 0.717) is 19.8 Å². The van der Waals surface area contributed by atoms with E-state index in [0.717, 1.165) is 18.8 Å². The molecule has 0 aliphatic rings. The molecule has 4 heteroatoms. The van der Waals surface area contributed by atoms with Crippen molar-refractivity contribution in [2.24, 2.45) is 0 Å². The maximum absolute atomic E-state index is 9.06. The van der Waals surface area contributed by atoms with Crippen molar-refractivity contribution in [1.29, 1.82) is 0 Å². The Morgan fingerprint density at radius 1 is 1.00 bits per heavy atom. The molecule has 1 aromatic rings. The average Bonchev–Trinajstić information content (AvgIpc) is 2.30. The summed E-state index contributed by atoms with van der Waals surface area (Å²) < 4.78 is 15.6. The molecule has 0 unspecified atom stereocenters. The molecule has 16 heavy (non-hydrogen) atoms. The van der Waals surface area contributed by atoms with Gasteiger partial charge in [-0.25, -0.2) is 0 Å². The molecule has 0 bridgehead atoms. The van der Waals surface area contributed by atoms with Crippen LogP contribution in [0.4, 0.5) is 0 Å². The number of methoxy groups -OCH3 is 1. The fourth-order valence-electron chi connectivity index (χ4n) is 1.17. The maximum Gasteiger partial charge on any atom is 0.119 e. The first-order valence-electron chi connectivity index (χ1n) is 5.31. The van der Waals surface area contributed by atoms with Crippen molar-refractivity contribution in [2.75, 3.05) is 33.5 Å². The highest BCUT2D eigenvalue weighted by molar-refractivity contribution is 5.29. The van der Waals surface area contributed by atoms with E-state index >= 15 is 0 Å². The molecule has 0 saturated carbocycles. The molecule has 0 spiro atoms. The highest BCUT2D eigenvalue weighted by atomic mass is 16.5. The van der Waals surface area contributed by atoms with E-state index in [4.69, 9.17) is 19.3 Å². The summed E-state index contributed by atoms with van der Waals surface area (Å²) >= 11 is 0. The summed E-state index contributed by atoms with van der Waals surface area (Å²) in [6.45, 7) is 2.48. The summed E-state index contributed by atoms with van der Waals surface area (Å²) in [6, 6.07) is 6.63. The van der Waals surface area contributed by atoms with Crippen molar-refractivity contribution in [3.8, 4) is 11.5 Å². The smallest absolute Gasteiger partial charge is 0.119 e. The molecule has 0 amide bonds. The fraction of sp³-hybridized carbons (Fsp3) is 0.500. The van der Waals surface area contributed by atoms with E-state index in [2.05, 4.69) is 0 Å². The Balaban J connectivity index is 2.01. The van der Waals surface area contributed by atoms with E-state index < -0.39 is 0 Å². The van der Waals surface area contributed by atoms with Gasteiger partial charge >= 0.3 is 0 Å². The van der Waals surface area contributed by atoms with Crippen LogP contribution in [0.1, 0.15) is 6.42 Å². The van der Waals surface area contributed by atoms with Crippen LogP contribution >= 0.6 is 0 Å². The van der Waals surface area contributed by atoms with Gasteiger partial charge < -0.3 is 19.3 Å². The standard InChI is InChI=1S/C12H18O4/c1-14-7-2-8-15-9-10-16-12-5-3-11(13)4-6-12/h3-6,13H,2,7-10H2,1H3. The third-order valence-electron chi connectivity index (χ3n) is 1.97. The Morgan fingerprint density at radius 3 is 2.44 bits per heavy atom. The Labute approximate surface area is 95.8 Å². The van der Waals surface area contributed by atoms with Crippen molar-refractivity contribution in [2.45, 2.75) is 6.42 Å². The second kappa shape index (κ2) is 7.96. The van der Waals surface area contributed by atoms with Gasteiger partial charge in [-0.1, -0.05) is 0 Å². The van der Waals surface area contributed by atoms with Crippen molar-refractivity contribution in [1.82, 2.24) is 0 Å². The number of hydrogen-bond acceptors (Lipinski definition) is 4. The van der Waals surface area contributed by atoms with Gasteiger partial charge in [-0.2, -0.15) is 0 Å². The molecular formula is C12H18O4. The molecule has 1 N–H and O–H groups in total. The quantitative estimate of drug-likeness (QED) is 0.687. The van der Waals surface area contributed by atoms with Gasteiger partial charge in [0, 0.05) is 20.3 Å². The van der Waals surface area contributed by atoms with Crippen molar-refractivity contribution in [3.63, 3.8) is 0 Å². The molecule has 90 valence electrons. The van der Waals surface area contributed by atoms with E-state index in [9.17, 15) is 0 Å². The third-order valence-corrected chi connectivity index (χ3v) is 1.97. The predicted octanol–water partition coefficient (Wildman–Crippen LogP) is 1.82. The summed E-state index contributed by atoms with van der Waals surface area (Å²) in [5.41, 5.74) is 0. The second-order valence-electron chi connectivity index (χ2n) is 3.30. The first-order valence-corrected chi connectivity index (χ1v) is 5.31. The predicted molar refractivity (Wildman–Crippen MR) is 60.9 cm³/mol. The monoisotopic (exact) mass is 226 g/mol. The van der Waals surface area contributed by atoms with Crippen LogP contribution in [0.15, 0.2) is 24.3 Å². The van der Waals surface area contributed by atoms with Crippen LogP contribution in [0.2, 0.25) is 0 Å². The zero-order valence-corrected chi connectivity index (χ0v) is 9.52. The van der Waals surface area contributed by atoms with Gasteiger partial charge in [0.1, 0.15) is 18.1 Å². The molecular weight excluding hydrogens is 208 g/mol. The molecule has 0 fully saturated rings. The molecule has 0 heterocycles. The summed E-state index contributed by atoms with van der Waals surface area (Å²) in [7, 11) is 1.67. The Bertz CT molecular complexity index is 271. The van der Waals surface area contributed by atoms with Crippen LogP contribution in [-0.4, -0.2) is 38.6 Å². The summed E-state index contributed by atoms with van der Waals surface area (Å²) in [5, 5.41) is 9.06. The van der Waals surface area contributed by atoms with E-state index in [-0.39, 0.29) is 5.75 Å². The molecule has 0 aliphatic carbocycles. The minimum absolute atomic E-state index is 0.239. The number of hydrogen-bond donors (Lipinski definition) is 1. The number of phenolic OH excluding ortho intramolecular Hbond substituents is 1. The lowest BCUT2D eigenvalue weighted by Crippen LogP contribution is -2.08.